The first-order valence-electron chi connectivity index (χ1n) is 5.20. The van der Waals surface area contributed by atoms with Gasteiger partial charge in [-0.3, -0.25) is 9.78 Å². The first-order valence-corrected chi connectivity index (χ1v) is 5.58. The van der Waals surface area contributed by atoms with Gasteiger partial charge in [-0.15, -0.1) is 0 Å². The average Bonchev–Trinajstić information content (AvgIpc) is 2.41. The van der Waals surface area contributed by atoms with Crippen LogP contribution in [-0.4, -0.2) is 17.9 Å². The number of hydrogen-bond acceptors (Lipinski definition) is 4. The van der Waals surface area contributed by atoms with Crippen LogP contribution in [0.2, 0.25) is 5.02 Å². The maximum Gasteiger partial charge on any atom is 0.194 e. The highest BCUT2D eigenvalue weighted by atomic mass is 35.5. The van der Waals surface area contributed by atoms with Gasteiger partial charge in [0, 0.05) is 17.3 Å². The van der Waals surface area contributed by atoms with Gasteiger partial charge in [-0.05, 0) is 24.3 Å². The van der Waals surface area contributed by atoms with Gasteiger partial charge in [-0.25, -0.2) is 0 Å². The third kappa shape index (κ3) is 2.43. The van der Waals surface area contributed by atoms with E-state index in [0.717, 1.165) is 0 Å². The number of ketones is 1. The quantitative estimate of drug-likeness (QED) is 0.682. The molecule has 0 amide bonds. The molecule has 0 aliphatic carbocycles. The van der Waals surface area contributed by atoms with Crippen LogP contribution >= 0.6 is 11.6 Å². The number of nitrogens with zero attached hydrogens (tertiary/aromatic N) is 1. The Morgan fingerprint density at radius 2 is 2.06 bits per heavy atom. The number of nitrogen functional groups attached to an aromatic ring is 1. The van der Waals surface area contributed by atoms with Crippen molar-refractivity contribution in [1.82, 2.24) is 4.98 Å². The Hall–Kier alpha value is -2.07. The zero-order valence-electron chi connectivity index (χ0n) is 9.68. The summed E-state index contributed by atoms with van der Waals surface area (Å²) < 4.78 is 5.02. The molecule has 18 heavy (non-hydrogen) atoms. The predicted octanol–water partition coefficient (Wildman–Crippen LogP) is 2.56. The van der Waals surface area contributed by atoms with Crippen LogP contribution in [0.25, 0.3) is 0 Å². The Morgan fingerprint density at radius 1 is 1.28 bits per heavy atom. The fourth-order valence-corrected chi connectivity index (χ4v) is 1.62. The van der Waals surface area contributed by atoms with E-state index in [1.54, 1.807) is 24.3 Å². The van der Waals surface area contributed by atoms with Crippen LogP contribution in [0.1, 0.15) is 15.9 Å². The monoisotopic (exact) mass is 262 g/mol. The number of carbonyl (C=O) groups is 1. The smallest absolute Gasteiger partial charge is 0.194 e. The van der Waals surface area contributed by atoms with E-state index in [0.29, 0.717) is 27.6 Å². The summed E-state index contributed by atoms with van der Waals surface area (Å²) in [5.74, 6) is 0.354. The van der Waals surface area contributed by atoms with Crippen LogP contribution in [0.3, 0.4) is 0 Å². The number of benzene rings is 1. The largest absolute Gasteiger partial charge is 0.495 e. The zero-order chi connectivity index (χ0) is 13.1. The maximum absolute atomic E-state index is 12.2. The lowest BCUT2D eigenvalue weighted by Crippen LogP contribution is -2.03. The van der Waals surface area contributed by atoms with Gasteiger partial charge in [-0.1, -0.05) is 11.6 Å². The lowest BCUT2D eigenvalue weighted by atomic mass is 10.0. The van der Waals surface area contributed by atoms with Gasteiger partial charge >= 0.3 is 0 Å². The second-order valence-electron chi connectivity index (χ2n) is 3.68. The van der Waals surface area contributed by atoms with Crippen molar-refractivity contribution in [2.45, 2.75) is 0 Å². The lowest BCUT2D eigenvalue weighted by molar-refractivity contribution is 0.103. The number of nitrogens with two attached hydrogens (primary N) is 1. The summed E-state index contributed by atoms with van der Waals surface area (Å²) in [5.41, 5.74) is 6.95. The molecular formula is C13H11ClN2O2. The molecule has 1 heterocycles. The van der Waals surface area contributed by atoms with Crippen molar-refractivity contribution in [3.05, 3.63) is 52.8 Å². The molecule has 92 valence electrons. The number of pyridine rings is 1. The minimum Gasteiger partial charge on any atom is -0.495 e. The maximum atomic E-state index is 12.2. The van der Waals surface area contributed by atoms with Crippen molar-refractivity contribution in [3.63, 3.8) is 0 Å². The van der Waals surface area contributed by atoms with Gasteiger partial charge in [0.05, 0.1) is 24.0 Å². The number of rotatable bonds is 3. The van der Waals surface area contributed by atoms with Crippen LogP contribution in [0.5, 0.6) is 5.75 Å². The van der Waals surface area contributed by atoms with E-state index in [9.17, 15) is 4.79 Å². The van der Waals surface area contributed by atoms with Crippen molar-refractivity contribution < 1.29 is 9.53 Å². The summed E-state index contributed by atoms with van der Waals surface area (Å²) in [6.45, 7) is 0. The molecule has 0 unspecified atom stereocenters. The van der Waals surface area contributed by atoms with Gasteiger partial charge in [0.1, 0.15) is 5.75 Å². The molecule has 0 aliphatic heterocycles. The van der Waals surface area contributed by atoms with E-state index < -0.39 is 0 Å². The highest BCUT2D eigenvalue weighted by Crippen LogP contribution is 2.22. The van der Waals surface area contributed by atoms with Crippen LogP contribution in [0.4, 0.5) is 5.69 Å². The molecule has 5 heteroatoms. The molecule has 2 N–H and O–H groups in total. The molecule has 0 fully saturated rings. The van der Waals surface area contributed by atoms with Crippen molar-refractivity contribution in [1.29, 1.82) is 0 Å². The molecule has 0 radical (unpaired) electrons. The van der Waals surface area contributed by atoms with Gasteiger partial charge in [0.2, 0.25) is 0 Å². The summed E-state index contributed by atoms with van der Waals surface area (Å²) in [4.78, 5) is 16.1. The Morgan fingerprint density at radius 3 is 2.72 bits per heavy atom. The van der Waals surface area contributed by atoms with Crippen molar-refractivity contribution in [3.8, 4) is 5.75 Å². The van der Waals surface area contributed by atoms with Crippen molar-refractivity contribution in [2.24, 2.45) is 0 Å². The van der Waals surface area contributed by atoms with Gasteiger partial charge in [0.15, 0.2) is 5.78 Å². The Bertz CT molecular complexity index is 599. The molecule has 1 aromatic heterocycles. The first-order chi connectivity index (χ1) is 8.61. The molecule has 4 nitrogen and oxygen atoms in total. The van der Waals surface area contributed by atoms with E-state index >= 15 is 0 Å². The third-order valence-electron chi connectivity index (χ3n) is 2.47. The van der Waals surface area contributed by atoms with Crippen LogP contribution in [0.15, 0.2) is 36.7 Å². The van der Waals surface area contributed by atoms with Crippen molar-refractivity contribution in [2.75, 3.05) is 12.8 Å². The molecule has 0 aliphatic rings. The normalized spacial score (nSPS) is 10.1. The molecule has 0 saturated carbocycles. The second-order valence-corrected chi connectivity index (χ2v) is 4.09. The van der Waals surface area contributed by atoms with Crippen LogP contribution in [-0.2, 0) is 0 Å². The van der Waals surface area contributed by atoms with Crippen LogP contribution < -0.4 is 10.5 Å². The Balaban J connectivity index is 2.38. The van der Waals surface area contributed by atoms with E-state index in [4.69, 9.17) is 22.1 Å². The van der Waals surface area contributed by atoms with Gasteiger partial charge in [-0.2, -0.15) is 0 Å². The molecule has 0 atom stereocenters. The molecule has 0 bridgehead atoms. The number of anilines is 1. The highest BCUT2D eigenvalue weighted by molar-refractivity contribution is 6.33. The van der Waals surface area contributed by atoms with E-state index in [2.05, 4.69) is 4.98 Å². The summed E-state index contributed by atoms with van der Waals surface area (Å²) in [5, 5.41) is 0.426. The summed E-state index contributed by atoms with van der Waals surface area (Å²) >= 11 is 5.81. The SMILES string of the molecule is COc1cncc(C(=O)c2ccc(Cl)c(N)c2)c1. The lowest BCUT2D eigenvalue weighted by Gasteiger charge is -2.05. The predicted molar refractivity (Wildman–Crippen MR) is 70.1 cm³/mol. The van der Waals surface area contributed by atoms with Crippen molar-refractivity contribution >= 4 is 23.1 Å². The van der Waals surface area contributed by atoms with E-state index in [1.165, 1.54) is 19.5 Å². The standard InChI is InChI=1S/C13H11ClN2O2/c1-18-10-4-9(6-16-7-10)13(17)8-2-3-11(14)12(15)5-8/h2-7H,15H2,1H3. The number of hydrogen-bond donors (Lipinski definition) is 1. The molecule has 2 rings (SSSR count). The summed E-state index contributed by atoms with van der Waals surface area (Å²) in [7, 11) is 1.52. The summed E-state index contributed by atoms with van der Waals surface area (Å²) in [6.07, 6.45) is 3.02. The minimum atomic E-state index is -0.176. The zero-order valence-corrected chi connectivity index (χ0v) is 10.4. The number of halogens is 1. The second kappa shape index (κ2) is 5.06. The highest BCUT2D eigenvalue weighted by Gasteiger charge is 2.11. The van der Waals surface area contributed by atoms with Gasteiger partial charge in [0.25, 0.3) is 0 Å². The van der Waals surface area contributed by atoms with E-state index in [-0.39, 0.29) is 5.78 Å². The molecule has 0 saturated heterocycles. The first kappa shape index (κ1) is 12.4. The Labute approximate surface area is 109 Å². The van der Waals surface area contributed by atoms with Gasteiger partial charge < -0.3 is 10.5 Å². The minimum absolute atomic E-state index is 0.176. The number of ether oxygens (including phenoxy) is 1. The van der Waals surface area contributed by atoms with E-state index in [1.807, 2.05) is 0 Å². The average molecular weight is 263 g/mol. The fraction of sp³-hybridized carbons (Fsp3) is 0.0769. The topological polar surface area (TPSA) is 65.2 Å². The summed E-state index contributed by atoms with van der Waals surface area (Å²) in [6, 6.07) is 6.39. The van der Waals surface area contributed by atoms with Crippen LogP contribution in [0, 0.1) is 0 Å². The molecular weight excluding hydrogens is 252 g/mol. The molecule has 1 aromatic carbocycles. The fourth-order valence-electron chi connectivity index (χ4n) is 1.51. The Kier molecular flexibility index (Phi) is 3.48. The number of aromatic nitrogens is 1. The molecule has 2 aromatic rings. The third-order valence-corrected chi connectivity index (χ3v) is 2.81. The molecule has 0 spiro atoms. The number of methoxy groups -OCH3 is 1. The number of carbonyl (C=O) groups excluding carboxylic acids is 1.